The standard InChI is InChI=1S/C12H13BrN4/c1-3-17-8-10(7-15-17)6-14-11-4-5-12(13)16-9(11)2/h3-5,7-8,14H,1,6H2,2H3. The second-order valence-corrected chi connectivity index (χ2v) is 4.44. The maximum atomic E-state index is 4.32. The summed E-state index contributed by atoms with van der Waals surface area (Å²) in [6.45, 7) is 6.34. The van der Waals surface area contributed by atoms with Crippen LogP contribution in [0.3, 0.4) is 0 Å². The van der Waals surface area contributed by atoms with Gasteiger partial charge in [0.2, 0.25) is 0 Å². The fourth-order valence-corrected chi connectivity index (χ4v) is 1.88. The molecule has 4 nitrogen and oxygen atoms in total. The normalized spacial score (nSPS) is 10.2. The van der Waals surface area contributed by atoms with Crippen LogP contribution in [0.25, 0.3) is 6.20 Å². The van der Waals surface area contributed by atoms with E-state index in [9.17, 15) is 0 Å². The Bertz CT molecular complexity index is 533. The molecule has 1 N–H and O–H groups in total. The molecule has 0 aromatic carbocycles. The van der Waals surface area contributed by atoms with E-state index in [1.54, 1.807) is 10.9 Å². The number of hydrogen-bond donors (Lipinski definition) is 1. The van der Waals surface area contributed by atoms with E-state index >= 15 is 0 Å². The average molecular weight is 293 g/mol. The first-order valence-electron chi connectivity index (χ1n) is 5.21. The Morgan fingerprint density at radius 2 is 2.35 bits per heavy atom. The maximum Gasteiger partial charge on any atom is 0.106 e. The van der Waals surface area contributed by atoms with Gasteiger partial charge in [0.25, 0.3) is 0 Å². The molecule has 0 radical (unpaired) electrons. The molecule has 0 aliphatic heterocycles. The van der Waals surface area contributed by atoms with Crippen LogP contribution >= 0.6 is 15.9 Å². The smallest absolute Gasteiger partial charge is 0.106 e. The minimum atomic E-state index is 0.720. The third-order valence-electron chi connectivity index (χ3n) is 2.38. The van der Waals surface area contributed by atoms with Crippen LogP contribution in [0.2, 0.25) is 0 Å². The summed E-state index contributed by atoms with van der Waals surface area (Å²) in [6, 6.07) is 3.92. The molecule has 88 valence electrons. The molecule has 2 aromatic heterocycles. The number of aryl methyl sites for hydroxylation is 1. The Morgan fingerprint density at radius 1 is 1.53 bits per heavy atom. The van der Waals surface area contributed by atoms with Crippen LogP contribution in [0.1, 0.15) is 11.3 Å². The number of halogens is 1. The van der Waals surface area contributed by atoms with Crippen LogP contribution in [0.4, 0.5) is 5.69 Å². The van der Waals surface area contributed by atoms with Gasteiger partial charge < -0.3 is 5.32 Å². The number of hydrogen-bond acceptors (Lipinski definition) is 3. The highest BCUT2D eigenvalue weighted by Gasteiger charge is 2.01. The van der Waals surface area contributed by atoms with Crippen LogP contribution in [-0.4, -0.2) is 14.8 Å². The topological polar surface area (TPSA) is 42.7 Å². The third-order valence-corrected chi connectivity index (χ3v) is 2.82. The van der Waals surface area contributed by atoms with E-state index in [2.05, 4.69) is 37.9 Å². The van der Waals surface area contributed by atoms with Crippen LogP contribution in [0.5, 0.6) is 0 Å². The van der Waals surface area contributed by atoms with Crippen molar-refractivity contribution in [3.8, 4) is 0 Å². The summed E-state index contributed by atoms with van der Waals surface area (Å²) in [5.41, 5.74) is 3.10. The number of rotatable bonds is 4. The van der Waals surface area contributed by atoms with E-state index in [1.165, 1.54) is 0 Å². The molecule has 0 fully saturated rings. The summed E-state index contributed by atoms with van der Waals surface area (Å²) in [6.07, 6.45) is 5.41. The molecule has 0 aliphatic rings. The van der Waals surface area contributed by atoms with Gasteiger partial charge in [0.05, 0.1) is 17.6 Å². The maximum absolute atomic E-state index is 4.32. The average Bonchev–Trinajstić information content (AvgIpc) is 2.76. The Kier molecular flexibility index (Phi) is 3.58. The van der Waals surface area contributed by atoms with Gasteiger partial charge in [-0.2, -0.15) is 5.10 Å². The Labute approximate surface area is 109 Å². The predicted molar refractivity (Wildman–Crippen MR) is 72.6 cm³/mol. The SMILES string of the molecule is C=Cn1cc(CNc2ccc(Br)nc2C)cn1. The zero-order chi connectivity index (χ0) is 12.3. The van der Waals surface area contributed by atoms with Gasteiger partial charge in [-0.1, -0.05) is 6.58 Å². The number of nitrogens with one attached hydrogen (secondary N) is 1. The quantitative estimate of drug-likeness (QED) is 0.881. The monoisotopic (exact) mass is 292 g/mol. The van der Waals surface area contributed by atoms with Gasteiger partial charge in [-0.05, 0) is 35.0 Å². The summed E-state index contributed by atoms with van der Waals surface area (Å²) in [4.78, 5) is 4.32. The lowest BCUT2D eigenvalue weighted by Crippen LogP contribution is -2.01. The number of aromatic nitrogens is 3. The summed E-state index contributed by atoms with van der Waals surface area (Å²) < 4.78 is 2.53. The van der Waals surface area contributed by atoms with Crippen molar-refractivity contribution < 1.29 is 0 Å². The van der Waals surface area contributed by atoms with Crippen LogP contribution in [0, 0.1) is 6.92 Å². The second-order valence-electron chi connectivity index (χ2n) is 3.63. The van der Waals surface area contributed by atoms with Crippen LogP contribution < -0.4 is 5.32 Å². The molecule has 0 amide bonds. The third kappa shape index (κ3) is 2.94. The van der Waals surface area contributed by atoms with E-state index in [1.807, 2.05) is 31.5 Å². The van der Waals surface area contributed by atoms with Gasteiger partial charge in [0.15, 0.2) is 0 Å². The first-order valence-corrected chi connectivity index (χ1v) is 6.01. The van der Waals surface area contributed by atoms with Crippen molar-refractivity contribution in [2.24, 2.45) is 0 Å². The molecule has 17 heavy (non-hydrogen) atoms. The summed E-state index contributed by atoms with van der Waals surface area (Å²) >= 11 is 3.34. The minimum absolute atomic E-state index is 0.720. The number of nitrogens with zero attached hydrogens (tertiary/aromatic N) is 3. The predicted octanol–water partition coefficient (Wildman–Crippen LogP) is 3.06. The highest BCUT2D eigenvalue weighted by Crippen LogP contribution is 2.16. The Morgan fingerprint density at radius 3 is 3.00 bits per heavy atom. The van der Waals surface area contributed by atoms with Crippen molar-refractivity contribution in [1.29, 1.82) is 0 Å². The lowest BCUT2D eigenvalue weighted by molar-refractivity contribution is 0.936. The largest absolute Gasteiger partial charge is 0.379 e. The van der Waals surface area contributed by atoms with Crippen molar-refractivity contribution in [2.45, 2.75) is 13.5 Å². The molecule has 0 unspecified atom stereocenters. The van der Waals surface area contributed by atoms with E-state index in [4.69, 9.17) is 0 Å². The molecule has 2 aromatic rings. The molecule has 5 heteroatoms. The van der Waals surface area contributed by atoms with Gasteiger partial charge in [-0.15, -0.1) is 0 Å². The minimum Gasteiger partial charge on any atom is -0.379 e. The molecule has 0 saturated heterocycles. The molecule has 0 saturated carbocycles. The van der Waals surface area contributed by atoms with Gasteiger partial charge in [-0.25, -0.2) is 9.67 Å². The van der Waals surface area contributed by atoms with Crippen molar-refractivity contribution in [3.63, 3.8) is 0 Å². The van der Waals surface area contributed by atoms with Crippen molar-refractivity contribution in [3.05, 3.63) is 47.0 Å². The van der Waals surface area contributed by atoms with E-state index in [-0.39, 0.29) is 0 Å². The highest BCUT2D eigenvalue weighted by molar-refractivity contribution is 9.10. The molecule has 2 heterocycles. The molecule has 0 atom stereocenters. The molecule has 0 bridgehead atoms. The number of anilines is 1. The fourth-order valence-electron chi connectivity index (χ4n) is 1.48. The lowest BCUT2D eigenvalue weighted by Gasteiger charge is -2.07. The molecule has 2 rings (SSSR count). The second kappa shape index (κ2) is 5.14. The summed E-state index contributed by atoms with van der Waals surface area (Å²) in [5, 5.41) is 7.44. The molecular weight excluding hydrogens is 280 g/mol. The van der Waals surface area contributed by atoms with E-state index < -0.39 is 0 Å². The van der Waals surface area contributed by atoms with Gasteiger partial charge in [0.1, 0.15) is 4.60 Å². The molecule has 0 aliphatic carbocycles. The van der Waals surface area contributed by atoms with E-state index in [0.29, 0.717) is 0 Å². The van der Waals surface area contributed by atoms with E-state index in [0.717, 1.165) is 28.1 Å². The zero-order valence-corrected chi connectivity index (χ0v) is 11.1. The van der Waals surface area contributed by atoms with Crippen molar-refractivity contribution in [1.82, 2.24) is 14.8 Å². The Balaban J connectivity index is 2.04. The van der Waals surface area contributed by atoms with Crippen LogP contribution in [-0.2, 0) is 6.54 Å². The first-order chi connectivity index (χ1) is 8.19. The van der Waals surface area contributed by atoms with Gasteiger partial charge in [-0.3, -0.25) is 0 Å². The van der Waals surface area contributed by atoms with Gasteiger partial charge in [0, 0.05) is 24.5 Å². The highest BCUT2D eigenvalue weighted by atomic mass is 79.9. The van der Waals surface area contributed by atoms with Crippen molar-refractivity contribution in [2.75, 3.05) is 5.32 Å². The van der Waals surface area contributed by atoms with Crippen LogP contribution in [0.15, 0.2) is 35.7 Å². The zero-order valence-electron chi connectivity index (χ0n) is 9.52. The fraction of sp³-hybridized carbons (Fsp3) is 0.167. The first kappa shape index (κ1) is 11.9. The van der Waals surface area contributed by atoms with Gasteiger partial charge >= 0.3 is 0 Å². The Hall–Kier alpha value is -1.62. The number of pyridine rings is 1. The molecule has 0 spiro atoms. The summed E-state index contributed by atoms with van der Waals surface area (Å²) in [5.74, 6) is 0. The molecular formula is C12H13BrN4. The lowest BCUT2D eigenvalue weighted by atomic mass is 10.3. The summed E-state index contributed by atoms with van der Waals surface area (Å²) in [7, 11) is 0. The van der Waals surface area contributed by atoms with Crippen molar-refractivity contribution >= 4 is 27.8 Å².